The Hall–Kier alpha value is -2.41. The van der Waals surface area contributed by atoms with Gasteiger partial charge in [0.1, 0.15) is 5.58 Å². The zero-order chi connectivity index (χ0) is 16.0. The van der Waals surface area contributed by atoms with Crippen LogP contribution in [0.1, 0.15) is 0 Å². The monoisotopic (exact) mass is 415 g/mol. The minimum Gasteiger partial charge on any atom is -0.449 e. The summed E-state index contributed by atoms with van der Waals surface area (Å²) < 4.78 is 6.63. The van der Waals surface area contributed by atoms with Gasteiger partial charge in [-0.25, -0.2) is 0 Å². The summed E-state index contributed by atoms with van der Waals surface area (Å²) in [5.74, 6) is 0. The highest BCUT2D eigenvalue weighted by atomic mass is 127. The Balaban J connectivity index is 2.02. The standard InChI is InChI=1S/C18H10INO3/c19-13-9-15-14-7-6-12(11-4-2-1-3-5-11)8-17(14)23-18(15)16(10-13)20(21)22/h1-10H. The summed E-state index contributed by atoms with van der Waals surface area (Å²) in [6.07, 6.45) is 0. The summed E-state index contributed by atoms with van der Waals surface area (Å²) in [5, 5.41) is 12.9. The Morgan fingerprint density at radius 2 is 1.70 bits per heavy atom. The molecule has 1 heterocycles. The average Bonchev–Trinajstić information content (AvgIpc) is 2.92. The molecule has 4 rings (SSSR count). The molecule has 5 heteroatoms. The number of hydrogen-bond donors (Lipinski definition) is 0. The fourth-order valence-corrected chi connectivity index (χ4v) is 3.38. The Morgan fingerprint density at radius 1 is 0.913 bits per heavy atom. The number of halogens is 1. The van der Waals surface area contributed by atoms with E-state index >= 15 is 0 Å². The Labute approximate surface area is 145 Å². The third-order valence-electron chi connectivity index (χ3n) is 3.82. The summed E-state index contributed by atoms with van der Waals surface area (Å²) >= 11 is 2.09. The van der Waals surface area contributed by atoms with Gasteiger partial charge in [-0.2, -0.15) is 0 Å². The van der Waals surface area contributed by atoms with Gasteiger partial charge in [-0.15, -0.1) is 0 Å². The molecule has 0 aliphatic heterocycles. The summed E-state index contributed by atoms with van der Waals surface area (Å²) in [4.78, 5) is 10.9. The molecule has 0 amide bonds. The molecule has 112 valence electrons. The van der Waals surface area contributed by atoms with Crippen molar-refractivity contribution in [3.63, 3.8) is 0 Å². The largest absolute Gasteiger partial charge is 0.449 e. The first-order chi connectivity index (χ1) is 11.1. The predicted octanol–water partition coefficient (Wildman–Crippen LogP) is 5.77. The molecular formula is C18H10INO3. The maximum absolute atomic E-state index is 11.3. The van der Waals surface area contributed by atoms with E-state index in [1.54, 1.807) is 0 Å². The lowest BCUT2D eigenvalue weighted by Gasteiger charge is -2.00. The fraction of sp³-hybridized carbons (Fsp3) is 0. The first-order valence-electron chi connectivity index (χ1n) is 6.99. The van der Waals surface area contributed by atoms with Crippen molar-refractivity contribution in [2.45, 2.75) is 0 Å². The second-order valence-corrected chi connectivity index (χ2v) is 6.48. The van der Waals surface area contributed by atoms with Crippen molar-refractivity contribution in [1.82, 2.24) is 0 Å². The van der Waals surface area contributed by atoms with Crippen molar-refractivity contribution in [3.05, 3.63) is 74.3 Å². The van der Waals surface area contributed by atoms with E-state index in [1.807, 2.05) is 54.6 Å². The van der Waals surface area contributed by atoms with Gasteiger partial charge < -0.3 is 4.42 Å². The first kappa shape index (κ1) is 14.2. The number of nitro groups is 1. The van der Waals surface area contributed by atoms with Gasteiger partial charge in [-0.1, -0.05) is 36.4 Å². The summed E-state index contributed by atoms with van der Waals surface area (Å²) in [7, 11) is 0. The van der Waals surface area contributed by atoms with E-state index in [0.717, 1.165) is 25.5 Å². The lowest BCUT2D eigenvalue weighted by Crippen LogP contribution is -1.88. The third-order valence-corrected chi connectivity index (χ3v) is 4.44. The van der Waals surface area contributed by atoms with Gasteiger partial charge in [0.2, 0.25) is 5.58 Å². The lowest BCUT2D eigenvalue weighted by molar-refractivity contribution is -0.383. The Kier molecular flexibility index (Phi) is 3.30. The zero-order valence-corrected chi connectivity index (χ0v) is 14.0. The summed E-state index contributed by atoms with van der Waals surface area (Å²) in [6.45, 7) is 0. The Morgan fingerprint density at radius 3 is 2.43 bits per heavy atom. The van der Waals surface area contributed by atoms with Gasteiger partial charge in [0, 0.05) is 20.4 Å². The third kappa shape index (κ3) is 2.37. The molecule has 1 aromatic heterocycles. The van der Waals surface area contributed by atoms with Crippen molar-refractivity contribution >= 4 is 50.2 Å². The van der Waals surface area contributed by atoms with Crippen LogP contribution in [0, 0.1) is 13.7 Å². The highest BCUT2D eigenvalue weighted by molar-refractivity contribution is 14.1. The number of nitrogens with zero attached hydrogens (tertiary/aromatic N) is 1. The zero-order valence-electron chi connectivity index (χ0n) is 11.8. The van der Waals surface area contributed by atoms with Crippen LogP contribution in [0.15, 0.2) is 65.1 Å². The average molecular weight is 415 g/mol. The number of rotatable bonds is 2. The molecule has 0 unspecified atom stereocenters. The highest BCUT2D eigenvalue weighted by Gasteiger charge is 2.19. The van der Waals surface area contributed by atoms with Crippen molar-refractivity contribution in [1.29, 1.82) is 0 Å². The molecule has 0 aliphatic rings. The molecular weight excluding hydrogens is 405 g/mol. The van der Waals surface area contributed by atoms with E-state index in [1.165, 1.54) is 6.07 Å². The molecule has 0 fully saturated rings. The van der Waals surface area contributed by atoms with Crippen LogP contribution in [-0.2, 0) is 0 Å². The van der Waals surface area contributed by atoms with E-state index in [-0.39, 0.29) is 5.69 Å². The molecule has 0 N–H and O–H groups in total. The SMILES string of the molecule is O=[N+]([O-])c1cc(I)cc2c1oc1cc(-c3ccccc3)ccc12. The van der Waals surface area contributed by atoms with Gasteiger partial charge in [0.05, 0.1) is 4.92 Å². The number of non-ortho nitro benzene ring substituents is 1. The number of furan rings is 1. The summed E-state index contributed by atoms with van der Waals surface area (Å²) in [6, 6.07) is 19.3. The molecule has 4 aromatic rings. The minimum atomic E-state index is -0.398. The number of nitro benzene ring substituents is 1. The second kappa shape index (κ2) is 5.34. The minimum absolute atomic E-state index is 0.00404. The maximum atomic E-state index is 11.3. The second-order valence-electron chi connectivity index (χ2n) is 5.24. The molecule has 0 spiro atoms. The number of benzene rings is 3. The van der Waals surface area contributed by atoms with E-state index < -0.39 is 4.92 Å². The van der Waals surface area contributed by atoms with E-state index in [4.69, 9.17) is 4.42 Å². The fourth-order valence-electron chi connectivity index (χ4n) is 2.77. The quantitative estimate of drug-likeness (QED) is 0.238. The molecule has 0 bridgehead atoms. The normalized spacial score (nSPS) is 11.2. The van der Waals surface area contributed by atoms with Crippen LogP contribution >= 0.6 is 22.6 Å². The van der Waals surface area contributed by atoms with E-state index in [0.29, 0.717) is 11.2 Å². The molecule has 0 saturated heterocycles. The number of fused-ring (bicyclic) bond motifs is 3. The molecule has 3 aromatic carbocycles. The van der Waals surface area contributed by atoms with E-state index in [2.05, 4.69) is 22.6 Å². The topological polar surface area (TPSA) is 56.3 Å². The maximum Gasteiger partial charge on any atom is 0.313 e. The molecule has 0 saturated carbocycles. The number of hydrogen-bond acceptors (Lipinski definition) is 3. The first-order valence-corrected chi connectivity index (χ1v) is 8.07. The van der Waals surface area contributed by atoms with Crippen LogP contribution in [-0.4, -0.2) is 4.92 Å². The van der Waals surface area contributed by atoms with Crippen molar-refractivity contribution in [2.24, 2.45) is 0 Å². The summed E-state index contributed by atoms with van der Waals surface area (Å²) in [5.41, 5.74) is 3.10. The van der Waals surface area contributed by atoms with Crippen LogP contribution in [0.5, 0.6) is 0 Å². The van der Waals surface area contributed by atoms with Crippen LogP contribution < -0.4 is 0 Å². The molecule has 0 atom stereocenters. The van der Waals surface area contributed by atoms with Crippen LogP contribution in [0.3, 0.4) is 0 Å². The molecule has 0 aliphatic carbocycles. The van der Waals surface area contributed by atoms with Gasteiger partial charge in [-0.3, -0.25) is 10.1 Å². The van der Waals surface area contributed by atoms with Crippen LogP contribution in [0.25, 0.3) is 33.1 Å². The van der Waals surface area contributed by atoms with Crippen LogP contribution in [0.4, 0.5) is 5.69 Å². The van der Waals surface area contributed by atoms with Crippen molar-refractivity contribution in [2.75, 3.05) is 0 Å². The predicted molar refractivity (Wildman–Crippen MR) is 98.5 cm³/mol. The molecule has 0 radical (unpaired) electrons. The van der Waals surface area contributed by atoms with Crippen molar-refractivity contribution in [3.8, 4) is 11.1 Å². The van der Waals surface area contributed by atoms with Gasteiger partial charge >= 0.3 is 5.69 Å². The van der Waals surface area contributed by atoms with E-state index in [9.17, 15) is 10.1 Å². The smallest absolute Gasteiger partial charge is 0.313 e. The van der Waals surface area contributed by atoms with Crippen molar-refractivity contribution < 1.29 is 9.34 Å². The highest BCUT2D eigenvalue weighted by Crippen LogP contribution is 2.37. The Bertz CT molecular complexity index is 1050. The molecule has 4 nitrogen and oxygen atoms in total. The lowest BCUT2D eigenvalue weighted by atomic mass is 10.0. The van der Waals surface area contributed by atoms with Gasteiger partial charge in [0.25, 0.3) is 0 Å². The van der Waals surface area contributed by atoms with Crippen LogP contribution in [0.2, 0.25) is 0 Å². The van der Waals surface area contributed by atoms with Gasteiger partial charge in [-0.05, 0) is 51.9 Å². The molecule has 23 heavy (non-hydrogen) atoms. The van der Waals surface area contributed by atoms with Gasteiger partial charge in [0.15, 0.2) is 0 Å².